The Morgan fingerprint density at radius 1 is 1.37 bits per heavy atom. The summed E-state index contributed by atoms with van der Waals surface area (Å²) in [6, 6.07) is -0.612. The van der Waals surface area contributed by atoms with Crippen molar-refractivity contribution in [2.24, 2.45) is 11.1 Å². The molecule has 0 aliphatic rings. The summed E-state index contributed by atoms with van der Waals surface area (Å²) in [5.41, 5.74) is 5.55. The second-order valence-corrected chi connectivity index (χ2v) is 5.73. The number of hydrogen-bond donors (Lipinski definition) is 2. The standard InChI is InChI=1S/C13H27N3O3/c1-13(2,3)11(14)12(18)16(4)9-10(17)15-7-6-8-19-5/h11H,6-9,14H2,1-5H3,(H,15,17). The minimum absolute atomic E-state index is 0.0234. The number of hydrogen-bond acceptors (Lipinski definition) is 4. The van der Waals surface area contributed by atoms with Gasteiger partial charge in [0.05, 0.1) is 12.6 Å². The summed E-state index contributed by atoms with van der Waals surface area (Å²) < 4.78 is 4.88. The molecule has 1 unspecified atom stereocenters. The van der Waals surface area contributed by atoms with Gasteiger partial charge < -0.3 is 20.7 Å². The Labute approximate surface area is 115 Å². The highest BCUT2D eigenvalue weighted by Crippen LogP contribution is 2.18. The van der Waals surface area contributed by atoms with E-state index in [9.17, 15) is 9.59 Å². The second kappa shape index (κ2) is 8.12. The summed E-state index contributed by atoms with van der Waals surface area (Å²) in [6.45, 7) is 6.86. The molecule has 0 fully saturated rings. The van der Waals surface area contributed by atoms with Gasteiger partial charge in [-0.2, -0.15) is 0 Å². The molecule has 0 radical (unpaired) electrons. The van der Waals surface area contributed by atoms with Gasteiger partial charge in [0.1, 0.15) is 0 Å². The number of nitrogens with zero attached hydrogens (tertiary/aromatic N) is 1. The molecular weight excluding hydrogens is 246 g/mol. The monoisotopic (exact) mass is 273 g/mol. The Bertz CT molecular complexity index is 300. The fraction of sp³-hybridized carbons (Fsp3) is 0.846. The Kier molecular flexibility index (Phi) is 7.63. The second-order valence-electron chi connectivity index (χ2n) is 5.73. The molecule has 1 atom stereocenters. The van der Waals surface area contributed by atoms with E-state index in [1.54, 1.807) is 14.2 Å². The average Bonchev–Trinajstić information content (AvgIpc) is 2.31. The summed E-state index contributed by atoms with van der Waals surface area (Å²) in [5.74, 6) is -0.410. The van der Waals surface area contributed by atoms with Crippen LogP contribution in [-0.2, 0) is 14.3 Å². The zero-order valence-corrected chi connectivity index (χ0v) is 12.7. The van der Waals surface area contributed by atoms with Crippen molar-refractivity contribution in [2.75, 3.05) is 33.9 Å². The van der Waals surface area contributed by atoms with Gasteiger partial charge in [-0.3, -0.25) is 9.59 Å². The number of amides is 2. The molecule has 0 saturated carbocycles. The number of carbonyl (C=O) groups is 2. The summed E-state index contributed by atoms with van der Waals surface area (Å²) in [6.07, 6.45) is 0.751. The summed E-state index contributed by atoms with van der Waals surface area (Å²) in [5, 5.41) is 2.73. The first-order valence-corrected chi connectivity index (χ1v) is 6.46. The van der Waals surface area contributed by atoms with Crippen LogP contribution in [0.1, 0.15) is 27.2 Å². The van der Waals surface area contributed by atoms with Crippen LogP contribution in [0.3, 0.4) is 0 Å². The number of carbonyl (C=O) groups excluding carboxylic acids is 2. The lowest BCUT2D eigenvalue weighted by molar-refractivity contribution is -0.137. The fourth-order valence-corrected chi connectivity index (χ4v) is 1.40. The largest absolute Gasteiger partial charge is 0.385 e. The lowest BCUT2D eigenvalue weighted by Crippen LogP contribution is -2.51. The number of rotatable bonds is 7. The highest BCUT2D eigenvalue weighted by atomic mass is 16.5. The van der Waals surface area contributed by atoms with Crippen molar-refractivity contribution in [1.82, 2.24) is 10.2 Å². The molecule has 0 bridgehead atoms. The van der Waals surface area contributed by atoms with Gasteiger partial charge in [0.15, 0.2) is 0 Å². The predicted octanol–water partition coefficient (Wildman–Crippen LogP) is -0.0291. The van der Waals surface area contributed by atoms with E-state index in [0.717, 1.165) is 6.42 Å². The van der Waals surface area contributed by atoms with Crippen molar-refractivity contribution in [2.45, 2.75) is 33.2 Å². The SMILES string of the molecule is COCCCNC(=O)CN(C)C(=O)C(N)C(C)(C)C. The molecule has 0 aromatic heterocycles. The maximum atomic E-state index is 12.0. The van der Waals surface area contributed by atoms with Gasteiger partial charge in [-0.05, 0) is 11.8 Å². The molecule has 6 nitrogen and oxygen atoms in total. The molecule has 0 aromatic carbocycles. The molecule has 2 amide bonds. The third kappa shape index (κ3) is 7.12. The molecule has 19 heavy (non-hydrogen) atoms. The van der Waals surface area contributed by atoms with E-state index >= 15 is 0 Å². The number of likely N-dealkylation sites (N-methyl/N-ethyl adjacent to an activating group) is 1. The third-order valence-corrected chi connectivity index (χ3v) is 2.80. The number of ether oxygens (including phenoxy) is 1. The van der Waals surface area contributed by atoms with Crippen LogP contribution in [0.2, 0.25) is 0 Å². The van der Waals surface area contributed by atoms with Crippen molar-refractivity contribution in [3.8, 4) is 0 Å². The Morgan fingerprint density at radius 2 is 1.95 bits per heavy atom. The number of nitrogens with one attached hydrogen (secondary N) is 1. The zero-order valence-electron chi connectivity index (χ0n) is 12.7. The number of nitrogens with two attached hydrogens (primary N) is 1. The smallest absolute Gasteiger partial charge is 0.240 e. The van der Waals surface area contributed by atoms with Crippen LogP contribution in [0.5, 0.6) is 0 Å². The van der Waals surface area contributed by atoms with E-state index < -0.39 is 6.04 Å². The predicted molar refractivity (Wildman–Crippen MR) is 74.6 cm³/mol. The van der Waals surface area contributed by atoms with Crippen molar-refractivity contribution < 1.29 is 14.3 Å². The first kappa shape index (κ1) is 17.9. The summed E-state index contributed by atoms with van der Waals surface area (Å²) in [7, 11) is 3.20. The molecule has 0 rings (SSSR count). The molecule has 112 valence electrons. The molecule has 0 heterocycles. The van der Waals surface area contributed by atoms with Crippen molar-refractivity contribution in [1.29, 1.82) is 0 Å². The van der Waals surface area contributed by atoms with E-state index in [0.29, 0.717) is 13.2 Å². The minimum Gasteiger partial charge on any atom is -0.385 e. The Morgan fingerprint density at radius 3 is 2.42 bits per heavy atom. The first-order valence-electron chi connectivity index (χ1n) is 6.46. The van der Waals surface area contributed by atoms with Crippen LogP contribution in [-0.4, -0.2) is 56.6 Å². The highest BCUT2D eigenvalue weighted by molar-refractivity contribution is 5.87. The normalized spacial score (nSPS) is 12.9. The van der Waals surface area contributed by atoms with Crippen LogP contribution in [0.4, 0.5) is 0 Å². The highest BCUT2D eigenvalue weighted by Gasteiger charge is 2.30. The van der Waals surface area contributed by atoms with E-state index in [-0.39, 0.29) is 23.8 Å². The molecular formula is C13H27N3O3. The molecule has 0 aromatic rings. The van der Waals surface area contributed by atoms with Crippen LogP contribution in [0, 0.1) is 5.41 Å². The van der Waals surface area contributed by atoms with Crippen LogP contribution in [0.15, 0.2) is 0 Å². The van der Waals surface area contributed by atoms with Crippen LogP contribution < -0.4 is 11.1 Å². The molecule has 0 spiro atoms. The maximum absolute atomic E-state index is 12.0. The molecule has 0 saturated heterocycles. The first-order chi connectivity index (χ1) is 8.70. The third-order valence-electron chi connectivity index (χ3n) is 2.80. The lowest BCUT2D eigenvalue weighted by atomic mass is 9.86. The van der Waals surface area contributed by atoms with Gasteiger partial charge >= 0.3 is 0 Å². The number of methoxy groups -OCH3 is 1. The van der Waals surface area contributed by atoms with Gasteiger partial charge in [-0.15, -0.1) is 0 Å². The summed E-state index contributed by atoms with van der Waals surface area (Å²) in [4.78, 5) is 25.0. The molecule has 3 N–H and O–H groups in total. The average molecular weight is 273 g/mol. The van der Waals surface area contributed by atoms with Gasteiger partial charge in [0.2, 0.25) is 11.8 Å². The van der Waals surface area contributed by atoms with Crippen LogP contribution >= 0.6 is 0 Å². The van der Waals surface area contributed by atoms with Gasteiger partial charge in [-0.1, -0.05) is 20.8 Å². The minimum atomic E-state index is -0.612. The molecule has 6 heteroatoms. The lowest BCUT2D eigenvalue weighted by Gasteiger charge is -2.29. The van der Waals surface area contributed by atoms with E-state index in [4.69, 9.17) is 10.5 Å². The summed E-state index contributed by atoms with van der Waals surface area (Å²) >= 11 is 0. The van der Waals surface area contributed by atoms with Gasteiger partial charge in [0, 0.05) is 27.3 Å². The van der Waals surface area contributed by atoms with E-state index in [1.165, 1.54) is 4.90 Å². The Balaban J connectivity index is 4.12. The van der Waals surface area contributed by atoms with Crippen molar-refractivity contribution in [3.63, 3.8) is 0 Å². The van der Waals surface area contributed by atoms with Gasteiger partial charge in [-0.25, -0.2) is 0 Å². The fourth-order valence-electron chi connectivity index (χ4n) is 1.40. The van der Waals surface area contributed by atoms with Crippen molar-refractivity contribution >= 4 is 11.8 Å². The van der Waals surface area contributed by atoms with Crippen molar-refractivity contribution in [3.05, 3.63) is 0 Å². The Hall–Kier alpha value is -1.14. The molecule has 0 aliphatic heterocycles. The zero-order chi connectivity index (χ0) is 15.1. The van der Waals surface area contributed by atoms with E-state index in [1.807, 2.05) is 20.8 Å². The quantitative estimate of drug-likeness (QED) is 0.638. The topological polar surface area (TPSA) is 84.7 Å². The maximum Gasteiger partial charge on any atom is 0.240 e. The van der Waals surface area contributed by atoms with Crippen LogP contribution in [0.25, 0.3) is 0 Å². The van der Waals surface area contributed by atoms with Gasteiger partial charge in [0.25, 0.3) is 0 Å². The molecule has 0 aliphatic carbocycles. The van der Waals surface area contributed by atoms with E-state index in [2.05, 4.69) is 5.32 Å².